The lowest BCUT2D eigenvalue weighted by atomic mass is 9.79. The molecule has 0 aliphatic carbocycles. The van der Waals surface area contributed by atoms with E-state index < -0.39 is 51.0 Å². The van der Waals surface area contributed by atoms with Crippen molar-refractivity contribution >= 4 is 28.5 Å². The highest BCUT2D eigenvalue weighted by atomic mass is 32.2. The summed E-state index contributed by atoms with van der Waals surface area (Å²) in [5.41, 5.74) is -0.727. The maximum atomic E-state index is 13.6. The van der Waals surface area contributed by atoms with E-state index >= 15 is 0 Å². The first-order valence-corrected chi connectivity index (χ1v) is 12.3. The van der Waals surface area contributed by atoms with Crippen LogP contribution in [0.25, 0.3) is 0 Å². The maximum Gasteiger partial charge on any atom is 0.494 e. The molecule has 1 N–H and O–H groups in total. The summed E-state index contributed by atoms with van der Waals surface area (Å²) in [7, 11) is -4.30. The van der Waals surface area contributed by atoms with Crippen LogP contribution in [0.1, 0.15) is 61.3 Å². The van der Waals surface area contributed by atoms with E-state index in [1.165, 1.54) is 4.90 Å². The van der Waals surface area contributed by atoms with E-state index in [2.05, 4.69) is 0 Å². The lowest BCUT2D eigenvalue weighted by Crippen LogP contribution is -2.58. The summed E-state index contributed by atoms with van der Waals surface area (Å²) in [5, 5.41) is 8.88. The Kier molecular flexibility index (Phi) is 6.04. The molecule has 0 bridgehead atoms. The van der Waals surface area contributed by atoms with Crippen LogP contribution in [0.2, 0.25) is 0 Å². The number of benzene rings is 1. The van der Waals surface area contributed by atoms with Gasteiger partial charge < -0.3 is 19.3 Å². The highest BCUT2D eigenvalue weighted by molar-refractivity contribution is 7.92. The van der Waals surface area contributed by atoms with Gasteiger partial charge in [-0.15, -0.1) is 0 Å². The lowest BCUT2D eigenvalue weighted by molar-refractivity contribution is 0.00578. The van der Waals surface area contributed by atoms with E-state index in [1.54, 1.807) is 24.3 Å². The molecule has 2 heterocycles. The number of rotatable bonds is 3. The van der Waals surface area contributed by atoms with Gasteiger partial charge in [-0.25, -0.2) is 13.2 Å². The van der Waals surface area contributed by atoms with Gasteiger partial charge in [0.05, 0.1) is 27.4 Å². The number of carboxylic acid groups (broad SMARTS) is 1. The molecular formula is C22H34BNO6S. The van der Waals surface area contributed by atoms with E-state index in [-0.39, 0.29) is 4.90 Å². The molecule has 2 atom stereocenters. The van der Waals surface area contributed by atoms with Gasteiger partial charge in [0.15, 0.2) is 9.84 Å². The van der Waals surface area contributed by atoms with Gasteiger partial charge >= 0.3 is 13.2 Å². The standard InChI is InChI=1S/C22H34BNO6S/c1-20(2,3)18-17(9-8-14-24(18)19(25)26)31(27,28)16-12-10-15(11-13-16)23-29-21(4,5)22(6,7)30-23/h10-13,17-18H,8-9,14H2,1-7H3,(H,25,26). The highest BCUT2D eigenvalue weighted by Gasteiger charge is 2.52. The lowest BCUT2D eigenvalue weighted by Gasteiger charge is -2.46. The predicted molar refractivity (Wildman–Crippen MR) is 120 cm³/mol. The Labute approximate surface area is 186 Å². The monoisotopic (exact) mass is 451 g/mol. The van der Waals surface area contributed by atoms with Crippen molar-refractivity contribution in [2.24, 2.45) is 5.41 Å². The molecule has 0 spiro atoms. The minimum Gasteiger partial charge on any atom is -0.465 e. The second-order valence-corrected chi connectivity index (χ2v) is 12.8. The Balaban J connectivity index is 1.90. The quantitative estimate of drug-likeness (QED) is 0.709. The maximum absolute atomic E-state index is 13.6. The molecule has 2 unspecified atom stereocenters. The normalized spacial score (nSPS) is 26.2. The fraction of sp³-hybridized carbons (Fsp3) is 0.682. The van der Waals surface area contributed by atoms with E-state index in [9.17, 15) is 18.3 Å². The largest absolute Gasteiger partial charge is 0.494 e. The van der Waals surface area contributed by atoms with Crippen molar-refractivity contribution in [2.75, 3.05) is 6.54 Å². The van der Waals surface area contributed by atoms with Gasteiger partial charge in [0.25, 0.3) is 0 Å². The summed E-state index contributed by atoms with van der Waals surface area (Å²) < 4.78 is 39.2. The fourth-order valence-corrected chi connectivity index (χ4v) is 6.73. The summed E-state index contributed by atoms with van der Waals surface area (Å²) in [6.07, 6.45) is -0.113. The summed E-state index contributed by atoms with van der Waals surface area (Å²) in [4.78, 5) is 13.3. The second-order valence-electron chi connectivity index (χ2n) is 10.7. The molecule has 1 amide bonds. The van der Waals surface area contributed by atoms with E-state index in [0.29, 0.717) is 19.4 Å². The molecule has 7 nitrogen and oxygen atoms in total. The third-order valence-corrected chi connectivity index (χ3v) is 9.06. The van der Waals surface area contributed by atoms with Crippen LogP contribution in [0, 0.1) is 5.41 Å². The van der Waals surface area contributed by atoms with Gasteiger partial charge in [-0.2, -0.15) is 0 Å². The van der Waals surface area contributed by atoms with E-state index in [1.807, 2.05) is 48.5 Å². The fourth-order valence-electron chi connectivity index (χ4n) is 4.49. The molecular weight excluding hydrogens is 417 g/mol. The van der Waals surface area contributed by atoms with Crippen molar-refractivity contribution in [3.05, 3.63) is 24.3 Å². The van der Waals surface area contributed by atoms with Gasteiger partial charge in [-0.05, 0) is 63.5 Å². The van der Waals surface area contributed by atoms with Crippen molar-refractivity contribution in [1.29, 1.82) is 0 Å². The molecule has 0 radical (unpaired) electrons. The molecule has 0 aromatic heterocycles. The van der Waals surface area contributed by atoms with Crippen molar-refractivity contribution in [1.82, 2.24) is 4.90 Å². The van der Waals surface area contributed by atoms with Crippen LogP contribution in [0.4, 0.5) is 4.79 Å². The van der Waals surface area contributed by atoms with Gasteiger partial charge in [0, 0.05) is 6.54 Å². The minimum absolute atomic E-state index is 0.194. The van der Waals surface area contributed by atoms with E-state index in [0.717, 1.165) is 5.46 Å². The van der Waals surface area contributed by atoms with Crippen molar-refractivity contribution < 1.29 is 27.6 Å². The van der Waals surface area contributed by atoms with Gasteiger partial charge in [-0.3, -0.25) is 0 Å². The summed E-state index contributed by atoms with van der Waals surface area (Å²) in [6, 6.07) is 5.98. The first kappa shape index (κ1) is 24.1. The van der Waals surface area contributed by atoms with E-state index in [4.69, 9.17) is 9.31 Å². The van der Waals surface area contributed by atoms with Crippen LogP contribution in [0.15, 0.2) is 29.2 Å². The number of hydrogen-bond acceptors (Lipinski definition) is 5. The van der Waals surface area contributed by atoms with Crippen LogP contribution >= 0.6 is 0 Å². The Morgan fingerprint density at radius 3 is 2.06 bits per heavy atom. The Morgan fingerprint density at radius 2 is 1.61 bits per heavy atom. The van der Waals surface area contributed by atoms with Gasteiger partial charge in [0.1, 0.15) is 0 Å². The summed E-state index contributed by atoms with van der Waals surface area (Å²) in [6.45, 7) is 13.9. The molecule has 0 saturated carbocycles. The van der Waals surface area contributed by atoms with Crippen LogP contribution in [0.5, 0.6) is 0 Å². The SMILES string of the molecule is CC(C)(C)C1C(S(=O)(=O)c2ccc(B3OC(C)(C)C(C)(C)O3)cc2)CCCN1C(=O)O. The zero-order valence-corrected chi connectivity index (χ0v) is 20.3. The molecule has 2 saturated heterocycles. The minimum atomic E-state index is -3.73. The van der Waals surface area contributed by atoms with Crippen LogP contribution in [-0.4, -0.2) is 60.7 Å². The smallest absolute Gasteiger partial charge is 0.465 e. The molecule has 172 valence electrons. The molecule has 1 aromatic rings. The number of carbonyl (C=O) groups is 1. The number of sulfone groups is 1. The molecule has 31 heavy (non-hydrogen) atoms. The van der Waals surface area contributed by atoms with Crippen LogP contribution in [-0.2, 0) is 19.1 Å². The summed E-state index contributed by atoms with van der Waals surface area (Å²) in [5.74, 6) is 0. The van der Waals surface area contributed by atoms with Crippen molar-refractivity contribution in [2.45, 2.75) is 88.7 Å². The Hall–Kier alpha value is -1.58. The average molecular weight is 451 g/mol. The number of amides is 1. The zero-order chi connectivity index (χ0) is 23.4. The molecule has 2 aliphatic heterocycles. The third-order valence-electron chi connectivity index (χ3n) is 6.84. The molecule has 2 fully saturated rings. The third kappa shape index (κ3) is 4.37. The number of likely N-dealkylation sites (tertiary alicyclic amines) is 1. The first-order valence-electron chi connectivity index (χ1n) is 10.8. The van der Waals surface area contributed by atoms with Crippen molar-refractivity contribution in [3.63, 3.8) is 0 Å². The number of hydrogen-bond donors (Lipinski definition) is 1. The Morgan fingerprint density at radius 1 is 1.10 bits per heavy atom. The van der Waals surface area contributed by atoms with Gasteiger partial charge in [-0.1, -0.05) is 32.9 Å². The molecule has 3 rings (SSSR count). The van der Waals surface area contributed by atoms with Crippen LogP contribution in [0.3, 0.4) is 0 Å². The predicted octanol–water partition coefficient (Wildman–Crippen LogP) is 3.32. The topological polar surface area (TPSA) is 93.1 Å². The van der Waals surface area contributed by atoms with Crippen molar-refractivity contribution in [3.8, 4) is 0 Å². The molecule has 2 aliphatic rings. The zero-order valence-electron chi connectivity index (χ0n) is 19.5. The van der Waals surface area contributed by atoms with Gasteiger partial charge in [0.2, 0.25) is 0 Å². The molecule has 9 heteroatoms. The number of piperidine rings is 1. The number of nitrogens with zero attached hydrogens (tertiary/aromatic N) is 1. The second kappa shape index (κ2) is 7.78. The molecule has 1 aromatic carbocycles. The highest BCUT2D eigenvalue weighted by Crippen LogP contribution is 2.39. The average Bonchev–Trinajstić information content (AvgIpc) is 2.88. The first-order chi connectivity index (χ1) is 14.1. The summed E-state index contributed by atoms with van der Waals surface area (Å²) >= 11 is 0. The Bertz CT molecular complexity index is 920. The van der Waals surface area contributed by atoms with Crippen LogP contribution < -0.4 is 5.46 Å².